The third-order valence-corrected chi connectivity index (χ3v) is 4.51. The molecule has 0 fully saturated rings. The molecule has 0 unspecified atom stereocenters. The highest BCUT2D eigenvalue weighted by Crippen LogP contribution is 2.27. The first-order chi connectivity index (χ1) is 11.6. The zero-order valence-corrected chi connectivity index (χ0v) is 13.9. The third-order valence-electron chi connectivity index (χ3n) is 4.51. The lowest BCUT2D eigenvalue weighted by molar-refractivity contribution is -0.131. The highest BCUT2D eigenvalue weighted by molar-refractivity contribution is 5.96. The van der Waals surface area contributed by atoms with Gasteiger partial charge in [0.1, 0.15) is 0 Å². The van der Waals surface area contributed by atoms with Crippen molar-refractivity contribution in [2.75, 3.05) is 12.4 Å². The summed E-state index contributed by atoms with van der Waals surface area (Å²) in [7, 11) is 1.81. The fourth-order valence-electron chi connectivity index (χ4n) is 3.08. The minimum Gasteiger partial charge on any atom is -0.341 e. The maximum atomic E-state index is 12.3. The summed E-state index contributed by atoms with van der Waals surface area (Å²) in [4.78, 5) is 26.3. The van der Waals surface area contributed by atoms with Crippen LogP contribution in [-0.4, -0.2) is 23.8 Å². The Balaban J connectivity index is 1.54. The minimum absolute atomic E-state index is 0.0206. The molecule has 1 heterocycles. The maximum Gasteiger partial charge on any atom is 0.227 e. The van der Waals surface area contributed by atoms with Crippen LogP contribution in [0.25, 0.3) is 0 Å². The lowest BCUT2D eigenvalue weighted by Crippen LogP contribution is -2.32. The van der Waals surface area contributed by atoms with Gasteiger partial charge >= 0.3 is 0 Å². The fraction of sp³-hybridized carbons (Fsp3) is 0.300. The fourth-order valence-corrected chi connectivity index (χ4v) is 3.08. The van der Waals surface area contributed by atoms with Crippen LogP contribution in [0, 0.1) is 5.92 Å². The van der Waals surface area contributed by atoms with Crippen LogP contribution in [0.15, 0.2) is 54.6 Å². The van der Waals surface area contributed by atoms with Crippen LogP contribution in [0.4, 0.5) is 5.69 Å². The van der Waals surface area contributed by atoms with Crippen LogP contribution in [0.2, 0.25) is 0 Å². The van der Waals surface area contributed by atoms with Gasteiger partial charge in [0, 0.05) is 31.6 Å². The van der Waals surface area contributed by atoms with E-state index in [4.69, 9.17) is 0 Å². The molecular weight excluding hydrogens is 300 g/mol. The molecule has 0 radical (unpaired) electrons. The molecule has 0 spiro atoms. The molecule has 4 nitrogen and oxygen atoms in total. The van der Waals surface area contributed by atoms with E-state index in [9.17, 15) is 9.59 Å². The molecule has 24 heavy (non-hydrogen) atoms. The Labute approximate surface area is 142 Å². The molecule has 0 aromatic heterocycles. The van der Waals surface area contributed by atoms with Crippen LogP contribution >= 0.6 is 0 Å². The van der Waals surface area contributed by atoms with Gasteiger partial charge in [0.05, 0.1) is 0 Å². The largest absolute Gasteiger partial charge is 0.341 e. The number of nitrogens with one attached hydrogen (secondary N) is 1. The van der Waals surface area contributed by atoms with Gasteiger partial charge in [-0.15, -0.1) is 0 Å². The third kappa shape index (κ3) is 3.82. The van der Waals surface area contributed by atoms with Crippen molar-refractivity contribution >= 4 is 17.5 Å². The molecule has 2 aromatic carbocycles. The number of carbonyl (C=O) groups is 2. The predicted molar refractivity (Wildman–Crippen MR) is 94.4 cm³/mol. The van der Waals surface area contributed by atoms with E-state index in [-0.39, 0.29) is 17.7 Å². The Hall–Kier alpha value is -2.62. The summed E-state index contributed by atoms with van der Waals surface area (Å²) < 4.78 is 0. The Morgan fingerprint density at radius 3 is 2.62 bits per heavy atom. The summed E-state index contributed by atoms with van der Waals surface area (Å²) in [5, 5.41) is 2.94. The predicted octanol–water partition coefficient (Wildman–Crippen LogP) is 3.24. The van der Waals surface area contributed by atoms with E-state index < -0.39 is 0 Å². The molecular formula is C20H22N2O2. The molecule has 0 saturated heterocycles. The van der Waals surface area contributed by atoms with Gasteiger partial charge in [-0.3, -0.25) is 9.59 Å². The highest BCUT2D eigenvalue weighted by Gasteiger charge is 2.26. The number of para-hydroxylation sites is 1. The van der Waals surface area contributed by atoms with Crippen molar-refractivity contribution in [3.8, 4) is 0 Å². The standard InChI is InChI=1S/C20H22N2O2/c1-22(14-15-7-3-2-4-8-15)19(23)12-11-17-13-16-9-5-6-10-18(16)21-20(17)24/h2-10,17H,11-14H2,1H3,(H,21,24)/t17-/m0/s1. The first-order valence-electron chi connectivity index (χ1n) is 8.30. The van der Waals surface area contributed by atoms with E-state index in [2.05, 4.69) is 5.32 Å². The summed E-state index contributed by atoms with van der Waals surface area (Å²) in [6.07, 6.45) is 1.68. The first kappa shape index (κ1) is 16.2. The number of fused-ring (bicyclic) bond motifs is 1. The number of nitrogens with zero attached hydrogens (tertiary/aromatic N) is 1. The summed E-state index contributed by atoms with van der Waals surface area (Å²) >= 11 is 0. The average molecular weight is 322 g/mol. The number of hydrogen-bond acceptors (Lipinski definition) is 2. The van der Waals surface area contributed by atoms with Crippen LogP contribution in [0.1, 0.15) is 24.0 Å². The van der Waals surface area contributed by atoms with Crippen molar-refractivity contribution < 1.29 is 9.59 Å². The Morgan fingerprint density at radius 1 is 1.12 bits per heavy atom. The molecule has 0 aliphatic carbocycles. The molecule has 2 amide bonds. The second kappa shape index (κ2) is 7.30. The quantitative estimate of drug-likeness (QED) is 0.919. The van der Waals surface area contributed by atoms with Crippen molar-refractivity contribution in [1.29, 1.82) is 0 Å². The Kier molecular flexibility index (Phi) is 4.94. The molecule has 4 heteroatoms. The molecule has 124 valence electrons. The van der Waals surface area contributed by atoms with Gasteiger partial charge in [0.25, 0.3) is 0 Å². The van der Waals surface area contributed by atoms with Crippen LogP contribution in [-0.2, 0) is 22.6 Å². The second-order valence-corrected chi connectivity index (χ2v) is 6.32. The number of rotatable bonds is 5. The lowest BCUT2D eigenvalue weighted by Gasteiger charge is -2.25. The van der Waals surface area contributed by atoms with Crippen molar-refractivity contribution in [3.05, 3.63) is 65.7 Å². The van der Waals surface area contributed by atoms with E-state index >= 15 is 0 Å². The van der Waals surface area contributed by atoms with Gasteiger partial charge in [0.15, 0.2) is 0 Å². The summed E-state index contributed by atoms with van der Waals surface area (Å²) in [6.45, 7) is 0.597. The molecule has 1 aliphatic heterocycles. The summed E-state index contributed by atoms with van der Waals surface area (Å²) in [6, 6.07) is 17.8. The molecule has 0 bridgehead atoms. The van der Waals surface area contributed by atoms with Crippen LogP contribution < -0.4 is 5.32 Å². The van der Waals surface area contributed by atoms with Crippen molar-refractivity contribution in [2.45, 2.75) is 25.8 Å². The first-order valence-corrected chi connectivity index (χ1v) is 8.30. The summed E-state index contributed by atoms with van der Waals surface area (Å²) in [5.74, 6) is -0.0355. The van der Waals surface area contributed by atoms with Crippen molar-refractivity contribution in [2.24, 2.45) is 5.92 Å². The minimum atomic E-state index is -0.131. The lowest BCUT2D eigenvalue weighted by atomic mass is 9.89. The van der Waals surface area contributed by atoms with Crippen LogP contribution in [0.3, 0.4) is 0 Å². The maximum absolute atomic E-state index is 12.3. The molecule has 3 rings (SSSR count). The van der Waals surface area contributed by atoms with Crippen molar-refractivity contribution in [3.63, 3.8) is 0 Å². The van der Waals surface area contributed by atoms with Gasteiger partial charge in [-0.25, -0.2) is 0 Å². The van der Waals surface area contributed by atoms with E-state index in [1.54, 1.807) is 4.90 Å². The summed E-state index contributed by atoms with van der Waals surface area (Å²) in [5.41, 5.74) is 3.15. The topological polar surface area (TPSA) is 49.4 Å². The number of benzene rings is 2. The molecule has 1 aliphatic rings. The molecule has 2 aromatic rings. The van der Waals surface area contributed by atoms with E-state index in [1.165, 1.54) is 0 Å². The van der Waals surface area contributed by atoms with Gasteiger partial charge < -0.3 is 10.2 Å². The van der Waals surface area contributed by atoms with E-state index in [1.807, 2.05) is 61.6 Å². The molecule has 0 saturated carbocycles. The smallest absolute Gasteiger partial charge is 0.227 e. The van der Waals surface area contributed by atoms with E-state index in [0.29, 0.717) is 25.8 Å². The van der Waals surface area contributed by atoms with Crippen LogP contribution in [0.5, 0.6) is 0 Å². The molecule has 1 N–H and O–H groups in total. The number of carbonyl (C=O) groups excluding carboxylic acids is 2. The van der Waals surface area contributed by atoms with Crippen molar-refractivity contribution in [1.82, 2.24) is 4.90 Å². The van der Waals surface area contributed by atoms with Gasteiger partial charge in [-0.2, -0.15) is 0 Å². The number of amides is 2. The SMILES string of the molecule is CN(Cc1ccccc1)C(=O)CC[C@H]1Cc2ccccc2NC1=O. The normalized spacial score (nSPS) is 16.2. The van der Waals surface area contributed by atoms with Gasteiger partial charge in [-0.1, -0.05) is 48.5 Å². The number of anilines is 1. The monoisotopic (exact) mass is 322 g/mol. The second-order valence-electron chi connectivity index (χ2n) is 6.32. The zero-order valence-electron chi connectivity index (χ0n) is 13.9. The van der Waals surface area contributed by atoms with Gasteiger partial charge in [-0.05, 0) is 30.0 Å². The van der Waals surface area contributed by atoms with E-state index in [0.717, 1.165) is 16.8 Å². The molecule has 1 atom stereocenters. The average Bonchev–Trinajstić information content (AvgIpc) is 2.60. The number of hydrogen-bond donors (Lipinski definition) is 1. The zero-order chi connectivity index (χ0) is 16.9. The Morgan fingerprint density at radius 2 is 1.83 bits per heavy atom. The van der Waals surface area contributed by atoms with Gasteiger partial charge in [0.2, 0.25) is 11.8 Å². The Bertz CT molecular complexity index is 727. The highest BCUT2D eigenvalue weighted by atomic mass is 16.2.